The van der Waals surface area contributed by atoms with Gasteiger partial charge >= 0.3 is 0 Å². The van der Waals surface area contributed by atoms with Gasteiger partial charge in [-0.25, -0.2) is 0 Å². The van der Waals surface area contributed by atoms with Gasteiger partial charge in [0.25, 0.3) is 0 Å². The fraction of sp³-hybridized carbons (Fsp3) is 0.214. The lowest BCUT2D eigenvalue weighted by atomic mass is 10.0. The third kappa shape index (κ3) is 6.62. The molecule has 0 heterocycles. The molecule has 0 spiro atoms. The van der Waals surface area contributed by atoms with Gasteiger partial charge in [0.15, 0.2) is 0 Å². The number of hydrogen-bond acceptors (Lipinski definition) is 3. The molecule has 2 N–H and O–H groups in total. The Labute approximate surface area is 193 Å². The molecule has 0 aromatic heterocycles. The van der Waals surface area contributed by atoms with Crippen molar-refractivity contribution in [2.75, 3.05) is 12.8 Å². The summed E-state index contributed by atoms with van der Waals surface area (Å²) in [6, 6.07) is 33.7. The minimum atomic E-state index is 0.0427. The topological polar surface area (TPSA) is 44.5 Å². The number of rotatable bonds is 11. The minimum Gasteiger partial charge on any atom is -0.381 e. The van der Waals surface area contributed by atoms with Crippen LogP contribution >= 0.6 is 0 Å². The number of hydrogen-bond donors (Lipinski definition) is 1. The fourth-order valence-electron chi connectivity index (χ4n) is 3.64. The van der Waals surface area contributed by atoms with E-state index in [2.05, 4.69) is 72.8 Å². The molecule has 0 aliphatic heterocycles. The molecule has 0 aliphatic carbocycles. The molecule has 3 nitrogen and oxygen atoms in total. The van der Waals surface area contributed by atoms with Crippen molar-refractivity contribution >= 4 is 20.3 Å². The summed E-state index contributed by atoms with van der Waals surface area (Å²) < 4.78 is 11.8. The molecule has 0 amide bonds. The second-order valence-electron chi connectivity index (χ2n) is 7.89. The Morgan fingerprint density at radius 3 is 1.91 bits per heavy atom. The molecule has 4 rings (SSSR count). The largest absolute Gasteiger partial charge is 0.381 e. The van der Waals surface area contributed by atoms with E-state index in [-0.39, 0.29) is 5.67 Å². The quantitative estimate of drug-likeness (QED) is 0.250. The second-order valence-corrected chi connectivity index (χ2v) is 9.21. The van der Waals surface area contributed by atoms with Gasteiger partial charge in [-0.1, -0.05) is 84.9 Å². The zero-order chi connectivity index (χ0) is 22.0. The van der Waals surface area contributed by atoms with Crippen LogP contribution in [0.5, 0.6) is 0 Å². The highest BCUT2D eigenvalue weighted by atomic mass is 28.2. The Hall–Kier alpha value is -2.76. The highest BCUT2D eigenvalue weighted by Gasteiger charge is 2.06. The van der Waals surface area contributed by atoms with Crippen LogP contribution in [0.15, 0.2) is 97.1 Å². The third-order valence-corrected chi connectivity index (χ3v) is 6.59. The van der Waals surface area contributed by atoms with Gasteiger partial charge in [0.1, 0.15) is 9.52 Å². The van der Waals surface area contributed by atoms with E-state index in [1.54, 1.807) is 0 Å². The molecule has 4 aromatic rings. The lowest BCUT2D eigenvalue weighted by Crippen LogP contribution is -2.22. The van der Waals surface area contributed by atoms with Crippen LogP contribution in [0.25, 0.3) is 10.8 Å². The monoisotopic (exact) mass is 439 g/mol. The van der Waals surface area contributed by atoms with Crippen molar-refractivity contribution in [3.63, 3.8) is 0 Å². The summed E-state index contributed by atoms with van der Waals surface area (Å²) in [4.78, 5) is 0. The highest BCUT2D eigenvalue weighted by Crippen LogP contribution is 2.19. The molecule has 4 aromatic carbocycles. The van der Waals surface area contributed by atoms with E-state index in [1.165, 1.54) is 33.0 Å². The van der Waals surface area contributed by atoms with Crippen molar-refractivity contribution in [3.8, 4) is 0 Å². The Morgan fingerprint density at radius 2 is 1.25 bits per heavy atom. The molecule has 0 bridgehead atoms. The van der Waals surface area contributed by atoms with Gasteiger partial charge < -0.3 is 15.2 Å². The summed E-state index contributed by atoms with van der Waals surface area (Å²) in [6.45, 7) is 1.97. The molecule has 32 heavy (non-hydrogen) atoms. The van der Waals surface area contributed by atoms with Crippen LogP contribution in [0.1, 0.15) is 27.9 Å². The maximum Gasteiger partial charge on any atom is 0.101 e. The molecule has 4 heteroatoms. The summed E-state index contributed by atoms with van der Waals surface area (Å²) in [5.74, 6) is 0. The van der Waals surface area contributed by atoms with Crippen LogP contribution in [0.3, 0.4) is 0 Å². The summed E-state index contributed by atoms with van der Waals surface area (Å²) in [6.07, 6.45) is 1.61. The Balaban J connectivity index is 1.22. The maximum atomic E-state index is 6.26. The predicted octanol–water partition coefficient (Wildman–Crippen LogP) is 5.43. The standard InChI is InChI=1S/C28H29NO2Si/c29-28(25-9-5-2-6-10-25)32-21-31-20-24-12-14-26-17-23(11-13-27(26)18-24)19-30-16-15-22-7-3-1-4-8-22/h1-14,17-18,28H,15-16,19-21,29H2/t28-/m1/s1. The summed E-state index contributed by atoms with van der Waals surface area (Å²) in [7, 11) is 0.546. The first kappa shape index (κ1) is 22.4. The molecule has 0 aliphatic rings. The maximum absolute atomic E-state index is 6.26. The first-order chi connectivity index (χ1) is 15.8. The molecule has 0 fully saturated rings. The number of ether oxygens (including phenoxy) is 2. The van der Waals surface area contributed by atoms with E-state index in [0.29, 0.717) is 29.0 Å². The van der Waals surface area contributed by atoms with Crippen LogP contribution < -0.4 is 5.73 Å². The minimum absolute atomic E-state index is 0.0427. The fourth-order valence-corrected chi connectivity index (χ4v) is 4.47. The van der Waals surface area contributed by atoms with E-state index in [1.807, 2.05) is 24.3 Å². The summed E-state index contributed by atoms with van der Waals surface area (Å²) in [5.41, 5.74) is 11.2. The smallest absolute Gasteiger partial charge is 0.101 e. The normalized spacial score (nSPS) is 12.2. The Morgan fingerprint density at radius 1 is 0.656 bits per heavy atom. The SMILES string of the molecule is N[C@H]([Si]COCc1ccc2cc(COCCc3ccccc3)ccc2c1)c1ccccc1. The molecule has 0 saturated heterocycles. The van der Waals surface area contributed by atoms with Crippen LogP contribution in [-0.4, -0.2) is 22.4 Å². The van der Waals surface area contributed by atoms with Crippen LogP contribution in [0.4, 0.5) is 0 Å². The second kappa shape index (κ2) is 11.7. The van der Waals surface area contributed by atoms with Crippen molar-refractivity contribution < 1.29 is 9.47 Å². The average molecular weight is 440 g/mol. The zero-order valence-electron chi connectivity index (χ0n) is 18.2. The van der Waals surface area contributed by atoms with Crippen LogP contribution in [0.2, 0.25) is 0 Å². The average Bonchev–Trinajstić information content (AvgIpc) is 2.85. The lowest BCUT2D eigenvalue weighted by molar-refractivity contribution is 0.124. The predicted molar refractivity (Wildman–Crippen MR) is 133 cm³/mol. The molecular formula is C28H29NO2Si. The van der Waals surface area contributed by atoms with E-state index >= 15 is 0 Å². The van der Waals surface area contributed by atoms with E-state index in [4.69, 9.17) is 15.2 Å². The van der Waals surface area contributed by atoms with Crippen molar-refractivity contribution in [2.45, 2.75) is 25.3 Å². The van der Waals surface area contributed by atoms with Crippen molar-refractivity contribution in [3.05, 3.63) is 119 Å². The first-order valence-electron chi connectivity index (χ1n) is 11.0. The van der Waals surface area contributed by atoms with Crippen LogP contribution in [0, 0.1) is 0 Å². The molecular weight excluding hydrogens is 410 g/mol. The van der Waals surface area contributed by atoms with Crippen LogP contribution in [-0.2, 0) is 29.1 Å². The molecule has 2 radical (unpaired) electrons. The zero-order valence-corrected chi connectivity index (χ0v) is 19.2. The molecule has 1 atom stereocenters. The Kier molecular flexibility index (Phi) is 8.23. The van der Waals surface area contributed by atoms with Gasteiger partial charge in [0.2, 0.25) is 0 Å². The first-order valence-corrected chi connectivity index (χ1v) is 12.3. The van der Waals surface area contributed by atoms with Gasteiger partial charge in [-0.2, -0.15) is 0 Å². The van der Waals surface area contributed by atoms with E-state index in [0.717, 1.165) is 13.0 Å². The van der Waals surface area contributed by atoms with Gasteiger partial charge in [-0.15, -0.1) is 0 Å². The van der Waals surface area contributed by atoms with Gasteiger partial charge in [0, 0.05) is 11.9 Å². The molecule has 162 valence electrons. The number of nitrogens with two attached hydrogens (primary N) is 1. The third-order valence-electron chi connectivity index (χ3n) is 5.45. The number of benzene rings is 4. The lowest BCUT2D eigenvalue weighted by Gasteiger charge is -2.11. The molecule has 0 unspecified atom stereocenters. The van der Waals surface area contributed by atoms with Gasteiger partial charge in [-0.3, -0.25) is 0 Å². The van der Waals surface area contributed by atoms with E-state index in [9.17, 15) is 0 Å². The summed E-state index contributed by atoms with van der Waals surface area (Å²) in [5, 5.41) is 2.45. The van der Waals surface area contributed by atoms with Crippen molar-refractivity contribution in [1.82, 2.24) is 0 Å². The Bertz CT molecular complexity index is 1100. The van der Waals surface area contributed by atoms with Crippen molar-refractivity contribution in [2.24, 2.45) is 5.73 Å². The van der Waals surface area contributed by atoms with Gasteiger partial charge in [-0.05, 0) is 51.6 Å². The van der Waals surface area contributed by atoms with E-state index < -0.39 is 0 Å². The number of fused-ring (bicyclic) bond motifs is 1. The van der Waals surface area contributed by atoms with Crippen molar-refractivity contribution in [1.29, 1.82) is 0 Å². The molecule has 0 saturated carbocycles. The summed E-state index contributed by atoms with van der Waals surface area (Å²) >= 11 is 0. The highest BCUT2D eigenvalue weighted by molar-refractivity contribution is 6.37. The van der Waals surface area contributed by atoms with Gasteiger partial charge in [0.05, 0.1) is 19.8 Å².